The number of esters is 1. The summed E-state index contributed by atoms with van der Waals surface area (Å²) in [7, 11) is 0. The molecule has 0 N–H and O–H groups in total. The Bertz CT molecular complexity index is 352. The van der Waals surface area contributed by atoms with Crippen molar-refractivity contribution in [2.45, 2.75) is 26.8 Å². The van der Waals surface area contributed by atoms with E-state index in [0.29, 0.717) is 11.6 Å². The van der Waals surface area contributed by atoms with Crippen LogP contribution in [0.3, 0.4) is 0 Å². The Morgan fingerprint density at radius 3 is 2.58 bits per heavy atom. The Hall–Kier alpha value is -1.32. The molecule has 1 aliphatic rings. The van der Waals surface area contributed by atoms with Gasteiger partial charge in [-0.2, -0.15) is 0 Å². The van der Waals surface area contributed by atoms with Gasteiger partial charge in [0, 0.05) is 6.04 Å². The van der Waals surface area contributed by atoms with Crippen LogP contribution < -0.4 is 4.74 Å². The van der Waals surface area contributed by atoms with Crippen molar-refractivity contribution in [1.29, 1.82) is 0 Å². The standard InChI is InChI=1S/C8H10N2O2/c1-4(2)10-5(3)9-6-7(10)12-8(6)11/h4H,1-3H3. The molecule has 0 amide bonds. The van der Waals surface area contributed by atoms with Gasteiger partial charge in [-0.3, -0.25) is 4.57 Å². The molecule has 0 spiro atoms. The zero-order chi connectivity index (χ0) is 8.88. The summed E-state index contributed by atoms with van der Waals surface area (Å²) in [6, 6.07) is 0.286. The quantitative estimate of drug-likeness (QED) is 0.591. The lowest BCUT2D eigenvalue weighted by Crippen LogP contribution is -2.23. The molecule has 1 aliphatic heterocycles. The molecule has 2 rings (SSSR count). The summed E-state index contributed by atoms with van der Waals surface area (Å²) in [6.45, 7) is 5.93. The molecule has 0 fully saturated rings. The van der Waals surface area contributed by atoms with Crippen molar-refractivity contribution < 1.29 is 9.53 Å². The second-order valence-corrected chi connectivity index (χ2v) is 3.17. The number of ether oxygens (including phenoxy) is 1. The van der Waals surface area contributed by atoms with Gasteiger partial charge in [0.15, 0.2) is 0 Å². The Morgan fingerprint density at radius 2 is 2.17 bits per heavy atom. The minimum absolute atomic E-state index is 0.286. The lowest BCUT2D eigenvalue weighted by atomic mass is 10.3. The summed E-state index contributed by atoms with van der Waals surface area (Å²) < 4.78 is 6.77. The Labute approximate surface area is 70.2 Å². The summed E-state index contributed by atoms with van der Waals surface area (Å²) in [5, 5.41) is 0. The maximum Gasteiger partial charge on any atom is 0.369 e. The van der Waals surface area contributed by atoms with Crippen LogP contribution >= 0.6 is 0 Å². The molecule has 4 nitrogen and oxygen atoms in total. The Kier molecular flexibility index (Phi) is 1.28. The molecule has 0 bridgehead atoms. The van der Waals surface area contributed by atoms with Crippen LogP contribution in [0, 0.1) is 6.92 Å². The molecule has 0 atom stereocenters. The van der Waals surface area contributed by atoms with Gasteiger partial charge in [-0.25, -0.2) is 9.78 Å². The van der Waals surface area contributed by atoms with Crippen LogP contribution in [0.5, 0.6) is 5.88 Å². The lowest BCUT2D eigenvalue weighted by Gasteiger charge is -2.17. The highest BCUT2D eigenvalue weighted by molar-refractivity contribution is 5.98. The molecular formula is C8H10N2O2. The Morgan fingerprint density at radius 1 is 1.50 bits per heavy atom. The molecule has 4 heteroatoms. The highest BCUT2D eigenvalue weighted by atomic mass is 16.6. The van der Waals surface area contributed by atoms with Crippen molar-refractivity contribution in [2.24, 2.45) is 0 Å². The van der Waals surface area contributed by atoms with Crippen molar-refractivity contribution >= 4 is 5.97 Å². The van der Waals surface area contributed by atoms with E-state index in [1.807, 2.05) is 25.3 Å². The zero-order valence-corrected chi connectivity index (χ0v) is 7.29. The van der Waals surface area contributed by atoms with E-state index >= 15 is 0 Å². The number of carbonyl (C=O) groups is 1. The van der Waals surface area contributed by atoms with Crippen molar-refractivity contribution in [3.05, 3.63) is 11.5 Å². The minimum Gasteiger partial charge on any atom is -0.402 e. The number of imidazole rings is 1. The minimum atomic E-state index is -0.312. The number of aromatic nitrogens is 2. The topological polar surface area (TPSA) is 44.1 Å². The van der Waals surface area contributed by atoms with Crippen molar-refractivity contribution in [3.63, 3.8) is 0 Å². The highest BCUT2D eigenvalue weighted by Gasteiger charge is 2.34. The van der Waals surface area contributed by atoms with E-state index in [0.717, 1.165) is 5.82 Å². The summed E-state index contributed by atoms with van der Waals surface area (Å²) in [5.74, 6) is 1.14. The Balaban J connectivity index is 2.56. The van der Waals surface area contributed by atoms with Crippen LogP contribution in [0.15, 0.2) is 0 Å². The van der Waals surface area contributed by atoms with E-state index in [4.69, 9.17) is 4.74 Å². The van der Waals surface area contributed by atoms with Crippen LogP contribution in [0.2, 0.25) is 0 Å². The summed E-state index contributed by atoms with van der Waals surface area (Å²) in [6.07, 6.45) is 0. The molecule has 1 aromatic heterocycles. The first-order valence-corrected chi connectivity index (χ1v) is 3.92. The van der Waals surface area contributed by atoms with Gasteiger partial charge in [0.05, 0.1) is 0 Å². The molecule has 0 aromatic carbocycles. The average molecular weight is 166 g/mol. The summed E-state index contributed by atoms with van der Waals surface area (Å²) in [4.78, 5) is 14.9. The van der Waals surface area contributed by atoms with Gasteiger partial charge >= 0.3 is 5.97 Å². The maximum absolute atomic E-state index is 10.8. The molecule has 0 saturated carbocycles. The van der Waals surface area contributed by atoms with Crippen LogP contribution in [-0.4, -0.2) is 15.5 Å². The van der Waals surface area contributed by atoms with E-state index in [1.165, 1.54) is 0 Å². The van der Waals surface area contributed by atoms with Crippen LogP contribution in [0.1, 0.15) is 36.2 Å². The molecule has 0 aliphatic carbocycles. The predicted octanol–water partition coefficient (Wildman–Crippen LogP) is 1.31. The van der Waals surface area contributed by atoms with Crippen LogP contribution in [-0.2, 0) is 0 Å². The smallest absolute Gasteiger partial charge is 0.369 e. The number of hydrogen-bond donors (Lipinski definition) is 0. The highest BCUT2D eigenvalue weighted by Crippen LogP contribution is 2.32. The first-order valence-electron chi connectivity index (χ1n) is 3.92. The third kappa shape index (κ3) is 0.719. The summed E-state index contributed by atoms with van der Waals surface area (Å²) >= 11 is 0. The molecular weight excluding hydrogens is 156 g/mol. The van der Waals surface area contributed by atoms with Gasteiger partial charge < -0.3 is 4.74 Å². The molecule has 64 valence electrons. The first kappa shape index (κ1) is 7.34. The van der Waals surface area contributed by atoms with E-state index in [2.05, 4.69) is 4.98 Å². The van der Waals surface area contributed by atoms with Crippen molar-refractivity contribution in [2.75, 3.05) is 0 Å². The monoisotopic (exact) mass is 166 g/mol. The third-order valence-electron chi connectivity index (χ3n) is 1.94. The molecule has 0 unspecified atom stereocenters. The lowest BCUT2D eigenvalue weighted by molar-refractivity contribution is 0.0629. The van der Waals surface area contributed by atoms with Gasteiger partial charge in [0.2, 0.25) is 11.6 Å². The van der Waals surface area contributed by atoms with Gasteiger partial charge in [0.1, 0.15) is 5.82 Å². The maximum atomic E-state index is 10.8. The van der Waals surface area contributed by atoms with E-state index in [9.17, 15) is 4.79 Å². The first-order chi connectivity index (χ1) is 5.61. The fourth-order valence-corrected chi connectivity index (χ4v) is 1.45. The number of fused-ring (bicyclic) bond motifs is 1. The fourth-order valence-electron chi connectivity index (χ4n) is 1.45. The van der Waals surface area contributed by atoms with E-state index < -0.39 is 0 Å². The fraction of sp³-hybridized carbons (Fsp3) is 0.500. The van der Waals surface area contributed by atoms with Gasteiger partial charge in [0.25, 0.3) is 0 Å². The van der Waals surface area contributed by atoms with Crippen LogP contribution in [0.25, 0.3) is 0 Å². The van der Waals surface area contributed by atoms with Crippen molar-refractivity contribution in [3.8, 4) is 5.88 Å². The van der Waals surface area contributed by atoms with Crippen LogP contribution in [0.4, 0.5) is 0 Å². The van der Waals surface area contributed by atoms with Gasteiger partial charge in [-0.05, 0) is 20.8 Å². The average Bonchev–Trinajstić information content (AvgIpc) is 2.23. The molecule has 12 heavy (non-hydrogen) atoms. The summed E-state index contributed by atoms with van der Waals surface area (Å²) in [5.41, 5.74) is 0.473. The van der Waals surface area contributed by atoms with E-state index in [1.54, 1.807) is 0 Å². The third-order valence-corrected chi connectivity index (χ3v) is 1.94. The predicted molar refractivity (Wildman–Crippen MR) is 42.3 cm³/mol. The number of nitrogens with zero attached hydrogens (tertiary/aromatic N) is 2. The van der Waals surface area contributed by atoms with Gasteiger partial charge in [-0.15, -0.1) is 0 Å². The molecule has 0 saturated heterocycles. The molecule has 1 aromatic rings. The normalized spacial score (nSPS) is 14.2. The van der Waals surface area contributed by atoms with E-state index in [-0.39, 0.29) is 12.0 Å². The molecule has 2 heterocycles. The van der Waals surface area contributed by atoms with Crippen molar-refractivity contribution in [1.82, 2.24) is 9.55 Å². The number of aryl methyl sites for hydroxylation is 1. The van der Waals surface area contributed by atoms with Gasteiger partial charge in [-0.1, -0.05) is 0 Å². The number of hydrogen-bond acceptors (Lipinski definition) is 3. The zero-order valence-electron chi connectivity index (χ0n) is 7.29. The second kappa shape index (κ2) is 2.09. The number of rotatable bonds is 1. The molecule has 0 radical (unpaired) electrons. The second-order valence-electron chi connectivity index (χ2n) is 3.17. The largest absolute Gasteiger partial charge is 0.402 e. The number of carbonyl (C=O) groups excluding carboxylic acids is 1. The SMILES string of the molecule is Cc1nc2c(n1C(C)C)OC2=O.